The lowest BCUT2D eigenvalue weighted by molar-refractivity contribution is 0.0563. The van der Waals surface area contributed by atoms with E-state index in [4.69, 9.17) is 4.74 Å². The highest BCUT2D eigenvalue weighted by atomic mass is 16.5. The molecule has 0 aliphatic carbocycles. The van der Waals surface area contributed by atoms with Gasteiger partial charge in [0.1, 0.15) is 0 Å². The van der Waals surface area contributed by atoms with Gasteiger partial charge in [-0.1, -0.05) is 39.0 Å². The maximum absolute atomic E-state index is 5.77. The molecule has 1 atom stereocenters. The summed E-state index contributed by atoms with van der Waals surface area (Å²) in [5.41, 5.74) is 0. The maximum atomic E-state index is 5.77. The average Bonchev–Trinajstić information content (AvgIpc) is 2.28. The summed E-state index contributed by atoms with van der Waals surface area (Å²) in [5.74, 6) is 0. The van der Waals surface area contributed by atoms with Crippen LogP contribution in [0.4, 0.5) is 0 Å². The third-order valence-electron chi connectivity index (χ3n) is 2.94. The van der Waals surface area contributed by atoms with Gasteiger partial charge in [0.25, 0.3) is 0 Å². The van der Waals surface area contributed by atoms with E-state index in [1.807, 2.05) is 7.05 Å². The fraction of sp³-hybridized carbons (Fsp3) is 1.00. The molecular weight excluding hydrogens is 198 g/mol. The molecule has 0 heterocycles. The molecule has 0 aromatic carbocycles. The molecule has 0 saturated carbocycles. The second-order valence-corrected chi connectivity index (χ2v) is 4.69. The molecule has 0 aromatic heterocycles. The Morgan fingerprint density at radius 2 is 1.69 bits per heavy atom. The topological polar surface area (TPSA) is 21.3 Å². The van der Waals surface area contributed by atoms with Crippen molar-refractivity contribution in [3.63, 3.8) is 0 Å². The van der Waals surface area contributed by atoms with Crippen LogP contribution in [0.3, 0.4) is 0 Å². The van der Waals surface area contributed by atoms with Crippen molar-refractivity contribution in [2.24, 2.45) is 0 Å². The van der Waals surface area contributed by atoms with Crippen LogP contribution in [0.5, 0.6) is 0 Å². The summed E-state index contributed by atoms with van der Waals surface area (Å²) in [7, 11) is 2.00. The first-order valence-corrected chi connectivity index (χ1v) is 7.07. The van der Waals surface area contributed by atoms with Crippen LogP contribution in [-0.2, 0) is 4.74 Å². The zero-order valence-electron chi connectivity index (χ0n) is 11.6. The van der Waals surface area contributed by atoms with Crippen molar-refractivity contribution in [1.82, 2.24) is 5.32 Å². The maximum Gasteiger partial charge on any atom is 0.0547 e. The molecule has 0 rings (SSSR count). The molecule has 98 valence electrons. The molecule has 0 bridgehead atoms. The quantitative estimate of drug-likeness (QED) is 0.515. The summed E-state index contributed by atoms with van der Waals surface area (Å²) >= 11 is 0. The minimum absolute atomic E-state index is 0.434. The van der Waals surface area contributed by atoms with Crippen LogP contribution in [0.2, 0.25) is 0 Å². The second kappa shape index (κ2) is 13.0. The first-order valence-electron chi connectivity index (χ1n) is 7.07. The Balaban J connectivity index is 3.06. The summed E-state index contributed by atoms with van der Waals surface area (Å²) in [4.78, 5) is 0. The van der Waals surface area contributed by atoms with Gasteiger partial charge in [0.15, 0.2) is 0 Å². The number of rotatable bonds is 12. The van der Waals surface area contributed by atoms with E-state index >= 15 is 0 Å². The largest absolute Gasteiger partial charge is 0.379 e. The lowest BCUT2D eigenvalue weighted by Crippen LogP contribution is -2.14. The van der Waals surface area contributed by atoms with Gasteiger partial charge in [0.05, 0.1) is 6.10 Å². The Bertz CT molecular complexity index is 128. The molecule has 2 heteroatoms. The molecule has 0 aliphatic rings. The van der Waals surface area contributed by atoms with Crippen molar-refractivity contribution < 1.29 is 4.74 Å². The van der Waals surface area contributed by atoms with Crippen molar-refractivity contribution in [3.05, 3.63) is 0 Å². The number of unbranched alkanes of at least 4 members (excludes halogenated alkanes) is 5. The number of ether oxygens (including phenoxy) is 1. The first kappa shape index (κ1) is 15.9. The minimum atomic E-state index is 0.434. The van der Waals surface area contributed by atoms with E-state index in [0.717, 1.165) is 13.2 Å². The Morgan fingerprint density at radius 1 is 1.00 bits per heavy atom. The van der Waals surface area contributed by atoms with Gasteiger partial charge in [-0.05, 0) is 39.8 Å². The summed E-state index contributed by atoms with van der Waals surface area (Å²) in [6.45, 7) is 6.50. The zero-order chi connectivity index (χ0) is 12.1. The fourth-order valence-electron chi connectivity index (χ4n) is 1.82. The van der Waals surface area contributed by atoms with Crippen LogP contribution in [-0.4, -0.2) is 26.3 Å². The van der Waals surface area contributed by atoms with Crippen molar-refractivity contribution >= 4 is 0 Å². The number of hydrogen-bond donors (Lipinski definition) is 1. The van der Waals surface area contributed by atoms with E-state index in [1.165, 1.54) is 51.4 Å². The van der Waals surface area contributed by atoms with Crippen molar-refractivity contribution in [1.29, 1.82) is 0 Å². The van der Waals surface area contributed by atoms with Gasteiger partial charge in [-0.25, -0.2) is 0 Å². The highest BCUT2D eigenvalue weighted by molar-refractivity contribution is 4.52. The van der Waals surface area contributed by atoms with Crippen LogP contribution in [0, 0.1) is 0 Å². The predicted octanol–water partition coefficient (Wildman–Crippen LogP) is 3.75. The van der Waals surface area contributed by atoms with E-state index in [2.05, 4.69) is 19.2 Å². The Hall–Kier alpha value is -0.0800. The van der Waals surface area contributed by atoms with E-state index in [1.54, 1.807) is 0 Å². The Kier molecular flexibility index (Phi) is 12.9. The van der Waals surface area contributed by atoms with Crippen LogP contribution in [0.15, 0.2) is 0 Å². The molecule has 16 heavy (non-hydrogen) atoms. The van der Waals surface area contributed by atoms with Gasteiger partial charge < -0.3 is 10.1 Å². The molecule has 2 nitrogen and oxygen atoms in total. The van der Waals surface area contributed by atoms with E-state index < -0.39 is 0 Å². The Morgan fingerprint density at radius 3 is 2.38 bits per heavy atom. The van der Waals surface area contributed by atoms with Gasteiger partial charge in [-0.2, -0.15) is 0 Å². The summed E-state index contributed by atoms with van der Waals surface area (Å²) in [6, 6.07) is 0. The standard InChI is InChI=1S/C14H31NO/c1-4-5-6-7-8-9-13-16-14(2)11-10-12-15-3/h14-15H,4-13H2,1-3H3. The fourth-order valence-corrected chi connectivity index (χ4v) is 1.82. The van der Waals surface area contributed by atoms with Gasteiger partial charge in [0, 0.05) is 6.61 Å². The van der Waals surface area contributed by atoms with E-state index in [-0.39, 0.29) is 0 Å². The normalized spacial score (nSPS) is 12.9. The van der Waals surface area contributed by atoms with Crippen molar-refractivity contribution in [2.75, 3.05) is 20.2 Å². The van der Waals surface area contributed by atoms with Gasteiger partial charge >= 0.3 is 0 Å². The van der Waals surface area contributed by atoms with E-state index in [0.29, 0.717) is 6.10 Å². The van der Waals surface area contributed by atoms with E-state index in [9.17, 15) is 0 Å². The van der Waals surface area contributed by atoms with Gasteiger partial charge in [-0.15, -0.1) is 0 Å². The van der Waals surface area contributed by atoms with Gasteiger partial charge in [-0.3, -0.25) is 0 Å². The monoisotopic (exact) mass is 229 g/mol. The molecule has 1 N–H and O–H groups in total. The SMILES string of the molecule is CCCCCCCCOC(C)CCCNC. The molecular formula is C14H31NO. The summed E-state index contributed by atoms with van der Waals surface area (Å²) in [6.07, 6.45) is 10.9. The van der Waals surface area contributed by atoms with Crippen LogP contribution < -0.4 is 5.32 Å². The molecule has 0 saturated heterocycles. The van der Waals surface area contributed by atoms with Crippen LogP contribution >= 0.6 is 0 Å². The molecule has 0 amide bonds. The minimum Gasteiger partial charge on any atom is -0.379 e. The first-order chi connectivity index (χ1) is 7.81. The Labute approximate surface area is 102 Å². The molecule has 0 aromatic rings. The third kappa shape index (κ3) is 12.0. The third-order valence-corrected chi connectivity index (χ3v) is 2.94. The summed E-state index contributed by atoms with van der Waals surface area (Å²) in [5, 5.41) is 3.16. The summed E-state index contributed by atoms with van der Waals surface area (Å²) < 4.78 is 5.77. The predicted molar refractivity (Wildman–Crippen MR) is 72.0 cm³/mol. The lowest BCUT2D eigenvalue weighted by Gasteiger charge is -2.12. The van der Waals surface area contributed by atoms with Crippen LogP contribution in [0.25, 0.3) is 0 Å². The molecule has 0 radical (unpaired) electrons. The number of hydrogen-bond acceptors (Lipinski definition) is 2. The average molecular weight is 229 g/mol. The van der Waals surface area contributed by atoms with Crippen molar-refractivity contribution in [2.45, 2.75) is 71.3 Å². The lowest BCUT2D eigenvalue weighted by atomic mass is 10.1. The van der Waals surface area contributed by atoms with Crippen LogP contribution in [0.1, 0.15) is 65.2 Å². The highest BCUT2D eigenvalue weighted by Gasteiger charge is 2.00. The highest BCUT2D eigenvalue weighted by Crippen LogP contribution is 2.07. The molecule has 1 unspecified atom stereocenters. The molecule has 0 fully saturated rings. The second-order valence-electron chi connectivity index (χ2n) is 4.69. The van der Waals surface area contributed by atoms with Gasteiger partial charge in [0.2, 0.25) is 0 Å². The van der Waals surface area contributed by atoms with Crippen molar-refractivity contribution in [3.8, 4) is 0 Å². The zero-order valence-corrected chi connectivity index (χ0v) is 11.6. The smallest absolute Gasteiger partial charge is 0.0547 e. The molecule has 0 aliphatic heterocycles. The molecule has 0 spiro atoms. The number of nitrogens with one attached hydrogen (secondary N) is 1.